The second kappa shape index (κ2) is 6.19. The van der Waals surface area contributed by atoms with Crippen molar-refractivity contribution in [2.75, 3.05) is 13.1 Å². The first-order valence-electron chi connectivity index (χ1n) is 7.10. The Labute approximate surface area is 114 Å². The molecule has 0 saturated carbocycles. The maximum absolute atomic E-state index is 11.7. The van der Waals surface area contributed by atoms with Gasteiger partial charge in [0.1, 0.15) is 0 Å². The lowest BCUT2D eigenvalue weighted by Gasteiger charge is -2.28. The van der Waals surface area contributed by atoms with Gasteiger partial charge in [0, 0.05) is 6.04 Å². The molecule has 0 amide bonds. The number of carbonyl (C=O) groups is 1. The van der Waals surface area contributed by atoms with Crippen LogP contribution in [0, 0.1) is 0 Å². The normalized spacial score (nSPS) is 19.3. The maximum Gasteiger partial charge on any atom is 0.327 e. The van der Waals surface area contributed by atoms with Crippen LogP contribution in [0.4, 0.5) is 0 Å². The van der Waals surface area contributed by atoms with Gasteiger partial charge in [0.05, 0.1) is 18.2 Å². The van der Waals surface area contributed by atoms with Crippen LogP contribution in [0.5, 0.6) is 0 Å². The molecule has 5 nitrogen and oxygen atoms in total. The van der Waals surface area contributed by atoms with Crippen LogP contribution in [0.3, 0.4) is 0 Å². The van der Waals surface area contributed by atoms with Gasteiger partial charge in [0.15, 0.2) is 6.04 Å². The Morgan fingerprint density at radius 2 is 1.89 bits per heavy atom. The summed E-state index contributed by atoms with van der Waals surface area (Å²) in [5, 5.41) is 9.61. The molecule has 106 valence electrons. The van der Waals surface area contributed by atoms with Gasteiger partial charge in [0.25, 0.3) is 0 Å². The van der Waals surface area contributed by atoms with Crippen LogP contribution in [0.15, 0.2) is 12.5 Å². The average Bonchev–Trinajstić information content (AvgIpc) is 2.66. The van der Waals surface area contributed by atoms with E-state index in [0.717, 1.165) is 31.6 Å². The van der Waals surface area contributed by atoms with Crippen molar-refractivity contribution < 1.29 is 9.90 Å². The first-order valence-corrected chi connectivity index (χ1v) is 7.10. The fourth-order valence-electron chi connectivity index (χ4n) is 2.78. The lowest BCUT2D eigenvalue weighted by atomic mass is 10.1. The fourth-order valence-corrected chi connectivity index (χ4v) is 2.78. The van der Waals surface area contributed by atoms with E-state index in [2.05, 4.69) is 9.88 Å². The van der Waals surface area contributed by atoms with Crippen molar-refractivity contribution in [3.63, 3.8) is 0 Å². The van der Waals surface area contributed by atoms with E-state index in [0.29, 0.717) is 0 Å². The number of aromatic nitrogens is 2. The summed E-state index contributed by atoms with van der Waals surface area (Å²) in [5.74, 6) is -0.774. The second-order valence-electron chi connectivity index (χ2n) is 5.51. The molecule has 0 radical (unpaired) electrons. The summed E-state index contributed by atoms with van der Waals surface area (Å²) < 4.78 is 1.96. The van der Waals surface area contributed by atoms with E-state index in [1.165, 1.54) is 12.8 Å². The van der Waals surface area contributed by atoms with E-state index in [1.807, 2.05) is 18.4 Å². The summed E-state index contributed by atoms with van der Waals surface area (Å²) in [6.45, 7) is 5.82. The molecule has 0 aromatic carbocycles. The Bertz CT molecular complexity index is 420. The van der Waals surface area contributed by atoms with Gasteiger partial charge in [-0.2, -0.15) is 0 Å². The van der Waals surface area contributed by atoms with Crippen molar-refractivity contribution in [3.8, 4) is 0 Å². The molecule has 0 aliphatic carbocycles. The minimum absolute atomic E-state index is 0.228. The molecule has 1 saturated heterocycles. The molecule has 1 aliphatic heterocycles. The number of imidazole rings is 1. The molecule has 1 atom stereocenters. The third-order valence-corrected chi connectivity index (χ3v) is 3.77. The molecule has 1 aromatic rings. The van der Waals surface area contributed by atoms with Crippen molar-refractivity contribution in [2.24, 2.45) is 0 Å². The highest BCUT2D eigenvalue weighted by Gasteiger charge is 2.30. The fraction of sp³-hybridized carbons (Fsp3) is 0.714. The molecule has 2 heterocycles. The number of hydrogen-bond donors (Lipinski definition) is 1. The summed E-state index contributed by atoms with van der Waals surface area (Å²) in [4.78, 5) is 17.9. The topological polar surface area (TPSA) is 58.4 Å². The Kier molecular flexibility index (Phi) is 4.58. The lowest BCUT2D eigenvalue weighted by molar-refractivity contribution is -0.143. The van der Waals surface area contributed by atoms with E-state index in [1.54, 1.807) is 12.5 Å². The summed E-state index contributed by atoms with van der Waals surface area (Å²) in [5.41, 5.74) is 0.796. The van der Waals surface area contributed by atoms with Crippen LogP contribution in [0.25, 0.3) is 0 Å². The number of carboxylic acids is 1. The standard InChI is InChI=1S/C14H23N3O2/c1-11(2)17-10-15-9-12(17)13(14(18)19)16-7-5-3-4-6-8-16/h9-11,13H,3-8H2,1-2H3,(H,18,19). The van der Waals surface area contributed by atoms with E-state index >= 15 is 0 Å². The molecule has 1 unspecified atom stereocenters. The highest BCUT2D eigenvalue weighted by atomic mass is 16.4. The van der Waals surface area contributed by atoms with Crippen LogP contribution in [0.2, 0.25) is 0 Å². The minimum atomic E-state index is -0.774. The quantitative estimate of drug-likeness (QED) is 0.908. The number of nitrogens with zero attached hydrogens (tertiary/aromatic N) is 3. The lowest BCUT2D eigenvalue weighted by Crippen LogP contribution is -2.36. The van der Waals surface area contributed by atoms with Gasteiger partial charge in [-0.15, -0.1) is 0 Å². The zero-order chi connectivity index (χ0) is 13.8. The summed E-state index contributed by atoms with van der Waals surface area (Å²) in [6, 6.07) is -0.339. The maximum atomic E-state index is 11.7. The van der Waals surface area contributed by atoms with E-state index in [4.69, 9.17) is 0 Å². The van der Waals surface area contributed by atoms with Gasteiger partial charge < -0.3 is 9.67 Å². The number of aliphatic carboxylic acids is 1. The third-order valence-electron chi connectivity index (χ3n) is 3.77. The highest BCUT2D eigenvalue weighted by Crippen LogP contribution is 2.26. The minimum Gasteiger partial charge on any atom is -0.480 e. The second-order valence-corrected chi connectivity index (χ2v) is 5.51. The van der Waals surface area contributed by atoms with E-state index in [9.17, 15) is 9.90 Å². The van der Waals surface area contributed by atoms with Crippen LogP contribution in [-0.2, 0) is 4.79 Å². The summed E-state index contributed by atoms with van der Waals surface area (Å²) in [6.07, 6.45) is 8.00. The smallest absolute Gasteiger partial charge is 0.327 e. The number of likely N-dealkylation sites (tertiary alicyclic amines) is 1. The van der Waals surface area contributed by atoms with Gasteiger partial charge in [-0.1, -0.05) is 12.8 Å². The first-order chi connectivity index (χ1) is 9.11. The van der Waals surface area contributed by atoms with Gasteiger partial charge >= 0.3 is 5.97 Å². The van der Waals surface area contributed by atoms with Gasteiger partial charge in [-0.3, -0.25) is 9.69 Å². The molecule has 1 aliphatic rings. The van der Waals surface area contributed by atoms with Crippen LogP contribution in [0.1, 0.15) is 57.3 Å². The molecule has 2 rings (SSSR count). The monoisotopic (exact) mass is 265 g/mol. The Morgan fingerprint density at radius 1 is 1.26 bits per heavy atom. The SMILES string of the molecule is CC(C)n1cncc1C(C(=O)O)N1CCCCCC1. The van der Waals surface area contributed by atoms with E-state index in [-0.39, 0.29) is 6.04 Å². The van der Waals surface area contributed by atoms with Crippen molar-refractivity contribution in [1.29, 1.82) is 0 Å². The predicted octanol–water partition coefficient (Wildman–Crippen LogP) is 2.47. The predicted molar refractivity (Wildman–Crippen MR) is 73.0 cm³/mol. The Morgan fingerprint density at radius 3 is 2.42 bits per heavy atom. The zero-order valence-corrected chi connectivity index (χ0v) is 11.7. The average molecular weight is 265 g/mol. The molecule has 0 bridgehead atoms. The number of rotatable bonds is 4. The molecular weight excluding hydrogens is 242 g/mol. The third kappa shape index (κ3) is 3.15. The van der Waals surface area contributed by atoms with Crippen LogP contribution in [-0.4, -0.2) is 38.6 Å². The van der Waals surface area contributed by atoms with Gasteiger partial charge in [0.2, 0.25) is 0 Å². The van der Waals surface area contributed by atoms with Crippen molar-refractivity contribution in [1.82, 2.24) is 14.5 Å². The van der Waals surface area contributed by atoms with Gasteiger partial charge in [-0.05, 0) is 39.8 Å². The molecular formula is C14H23N3O2. The molecule has 1 N–H and O–H groups in total. The van der Waals surface area contributed by atoms with E-state index < -0.39 is 12.0 Å². The number of carboxylic acid groups (broad SMARTS) is 1. The number of hydrogen-bond acceptors (Lipinski definition) is 3. The molecule has 1 aromatic heterocycles. The van der Waals surface area contributed by atoms with Crippen molar-refractivity contribution in [3.05, 3.63) is 18.2 Å². The van der Waals surface area contributed by atoms with Crippen LogP contribution < -0.4 is 0 Å². The summed E-state index contributed by atoms with van der Waals surface area (Å²) in [7, 11) is 0. The first kappa shape index (κ1) is 14.1. The largest absolute Gasteiger partial charge is 0.480 e. The van der Waals surface area contributed by atoms with Gasteiger partial charge in [-0.25, -0.2) is 4.98 Å². The van der Waals surface area contributed by atoms with Crippen LogP contribution >= 0.6 is 0 Å². The van der Waals surface area contributed by atoms with Crippen molar-refractivity contribution >= 4 is 5.97 Å². The molecule has 0 spiro atoms. The van der Waals surface area contributed by atoms with Crippen molar-refractivity contribution in [2.45, 2.75) is 51.6 Å². The Hall–Kier alpha value is -1.36. The summed E-state index contributed by atoms with van der Waals surface area (Å²) >= 11 is 0. The Balaban J connectivity index is 2.28. The highest BCUT2D eigenvalue weighted by molar-refractivity contribution is 5.75. The molecule has 19 heavy (non-hydrogen) atoms. The molecule has 5 heteroatoms. The molecule has 1 fully saturated rings. The zero-order valence-electron chi connectivity index (χ0n) is 11.7.